The predicted molar refractivity (Wildman–Crippen MR) is 174 cm³/mol. The van der Waals surface area contributed by atoms with Gasteiger partial charge in [0.2, 0.25) is 21.6 Å². The molecule has 0 unspecified atom stereocenters. The average Bonchev–Trinajstić information content (AvgIpc) is 3.39. The molecule has 13 heteroatoms. The van der Waals surface area contributed by atoms with Crippen molar-refractivity contribution in [2.45, 2.75) is 159 Å². The monoisotopic (exact) mass is 693 g/mol. The van der Waals surface area contributed by atoms with Crippen molar-refractivity contribution >= 4 is 17.9 Å². The molecule has 48 heavy (non-hydrogen) atoms. The molecule has 1 N–H and O–H groups in total. The van der Waals surface area contributed by atoms with Crippen molar-refractivity contribution in [3.8, 4) is 0 Å². The Morgan fingerprint density at radius 2 is 1.17 bits per heavy atom. The van der Waals surface area contributed by atoms with Gasteiger partial charge in [0.1, 0.15) is 7.85 Å². The molecule has 0 aromatic carbocycles. The van der Waals surface area contributed by atoms with Crippen LogP contribution in [0.5, 0.6) is 0 Å². The fourth-order valence-electron chi connectivity index (χ4n) is 11.6. The summed E-state index contributed by atoms with van der Waals surface area (Å²) in [7, 11) is 3.38. The minimum Gasteiger partial charge on any atom is -0.353 e. The number of rotatable bonds is 7. The second kappa shape index (κ2) is 11.3. The van der Waals surface area contributed by atoms with Gasteiger partial charge in [-0.05, 0) is 108 Å². The Morgan fingerprint density at radius 1 is 0.646 bits per heavy atom. The third-order valence-corrected chi connectivity index (χ3v) is 16.3. The molecule has 8 heterocycles. The van der Waals surface area contributed by atoms with Crippen LogP contribution in [-0.4, -0.2) is 75.0 Å². The molecule has 270 valence electrons. The molecule has 2 aliphatic carbocycles. The van der Waals surface area contributed by atoms with Gasteiger partial charge in [0, 0.05) is 36.7 Å². The molecule has 0 aromatic heterocycles. The summed E-state index contributed by atoms with van der Waals surface area (Å²) in [5.41, 5.74) is -3.22. The molecule has 16 atom stereocenters. The summed E-state index contributed by atoms with van der Waals surface area (Å²) in [6.45, 7) is 14.8. The van der Waals surface area contributed by atoms with Crippen molar-refractivity contribution in [2.24, 2.45) is 47.3 Å². The van der Waals surface area contributed by atoms with Gasteiger partial charge in [-0.1, -0.05) is 27.7 Å². The molecular weight excluding hydrogens is 637 g/mol. The van der Waals surface area contributed by atoms with Crippen molar-refractivity contribution in [3.05, 3.63) is 0 Å². The zero-order chi connectivity index (χ0) is 34.1. The van der Waals surface area contributed by atoms with Gasteiger partial charge in [0.05, 0.1) is 11.4 Å². The minimum atomic E-state index is -3.66. The molecule has 10 fully saturated rings. The summed E-state index contributed by atoms with van der Waals surface area (Å²) in [6, 6.07) is 0. The zero-order valence-corrected chi connectivity index (χ0v) is 30.6. The molecule has 11 nitrogen and oxygen atoms in total. The number of hydrogen-bond donors (Lipinski definition) is 1. The first-order valence-corrected chi connectivity index (χ1v) is 20.3. The second-order valence-corrected chi connectivity index (χ2v) is 19.5. The van der Waals surface area contributed by atoms with E-state index in [1.807, 2.05) is 20.8 Å². The van der Waals surface area contributed by atoms with E-state index in [1.165, 1.54) is 0 Å². The number of fused-ring (bicyclic) bond motifs is 4. The number of sulfonamides is 1. The van der Waals surface area contributed by atoms with Gasteiger partial charge < -0.3 is 18.9 Å². The van der Waals surface area contributed by atoms with E-state index in [9.17, 15) is 8.42 Å². The number of nitrogens with one attached hydrogen (secondary N) is 1. The van der Waals surface area contributed by atoms with E-state index in [-0.39, 0.29) is 47.8 Å². The van der Waals surface area contributed by atoms with Crippen LogP contribution in [0.2, 0.25) is 0 Å². The summed E-state index contributed by atoms with van der Waals surface area (Å²) in [5.74, 6) is -0.319. The highest BCUT2D eigenvalue weighted by Crippen LogP contribution is 2.64. The van der Waals surface area contributed by atoms with E-state index < -0.39 is 56.5 Å². The molecule has 10 rings (SSSR count). The summed E-state index contributed by atoms with van der Waals surface area (Å²) in [5, 5.41) is 0. The molecule has 2 spiro atoms. The topological polar surface area (TPSA) is 120 Å². The largest absolute Gasteiger partial charge is 0.353 e. The highest BCUT2D eigenvalue weighted by Gasteiger charge is 2.72. The molecule has 2 saturated carbocycles. The SMILES string of the molecule is [B][C@]1(CCNS(=O)(=O)CC[C@@]2(C)O[C@@H]3O[C@]4(C)CC[C@H]5[C@H](C)CC[C@@H]([C@H]2C)[C@@]35OO4)O[C@@H]2O[C@@]3(C)CC[C@H]4[C@H](C)CC[C@@H]([C@H]1C)[C@@]24OO3. The van der Waals surface area contributed by atoms with E-state index in [1.54, 1.807) is 0 Å². The Labute approximate surface area is 287 Å². The van der Waals surface area contributed by atoms with Crippen molar-refractivity contribution in [3.63, 3.8) is 0 Å². The van der Waals surface area contributed by atoms with Crippen molar-refractivity contribution in [1.82, 2.24) is 4.72 Å². The van der Waals surface area contributed by atoms with Gasteiger partial charge >= 0.3 is 0 Å². The van der Waals surface area contributed by atoms with Gasteiger partial charge in [0.25, 0.3) is 0 Å². The molecule has 8 aliphatic heterocycles. The van der Waals surface area contributed by atoms with Crippen LogP contribution in [0.1, 0.15) is 113 Å². The van der Waals surface area contributed by atoms with E-state index in [0.717, 1.165) is 51.4 Å². The van der Waals surface area contributed by atoms with Crippen molar-refractivity contribution in [1.29, 1.82) is 0 Å². The molecule has 10 aliphatic rings. The van der Waals surface area contributed by atoms with Crippen LogP contribution in [0, 0.1) is 47.3 Å². The number of hydrogen-bond acceptors (Lipinski definition) is 10. The first-order valence-electron chi connectivity index (χ1n) is 18.7. The van der Waals surface area contributed by atoms with Crippen molar-refractivity contribution < 1.29 is 46.9 Å². The lowest BCUT2D eigenvalue weighted by atomic mass is 9.52. The van der Waals surface area contributed by atoms with Crippen LogP contribution in [0.4, 0.5) is 0 Å². The summed E-state index contributed by atoms with van der Waals surface area (Å²) < 4.78 is 56.4. The molecule has 4 bridgehead atoms. The Hall–Kier alpha value is -0.345. The average molecular weight is 694 g/mol. The predicted octanol–water partition coefficient (Wildman–Crippen LogP) is 5.07. The van der Waals surface area contributed by atoms with E-state index in [2.05, 4.69) is 32.4 Å². The van der Waals surface area contributed by atoms with Crippen molar-refractivity contribution in [2.75, 3.05) is 12.3 Å². The third kappa shape index (κ3) is 5.02. The van der Waals surface area contributed by atoms with Crippen LogP contribution in [0.3, 0.4) is 0 Å². The smallest absolute Gasteiger partial charge is 0.211 e. The highest BCUT2D eigenvalue weighted by molar-refractivity contribution is 7.89. The molecule has 0 amide bonds. The van der Waals surface area contributed by atoms with Crippen LogP contribution >= 0.6 is 0 Å². The van der Waals surface area contributed by atoms with E-state index in [0.29, 0.717) is 24.7 Å². The standard InChI is InChI=1S/C35H56BNO10S/c1-20-8-10-26-22(3)30(5,40-28-34(26)24(20)12-14-31(6,41-28)44-46-34)17-19-48(38,39)37-18-16-33(36)23(4)27-11-9-21(2)25-13-15-32(7)42-29(43-33)35(25,27)47-45-32/h20-29,37H,8-19H2,1-7H3/t20-,21-,22-,23-,24+,25+,26+,27+,28-,29+,30-,31+,32-,33-,34-,35-/m1/s1. The molecular formula is C35H56BNO10S. The van der Waals surface area contributed by atoms with Gasteiger partial charge in [-0.25, -0.2) is 32.7 Å². The summed E-state index contributed by atoms with van der Waals surface area (Å²) in [6.07, 6.45) is 6.73. The minimum absolute atomic E-state index is 0.0368. The van der Waals surface area contributed by atoms with Gasteiger partial charge in [-0.15, -0.1) is 0 Å². The Bertz CT molecular complexity index is 1390. The Morgan fingerprint density at radius 3 is 1.73 bits per heavy atom. The van der Waals surface area contributed by atoms with Crippen LogP contribution < -0.4 is 4.72 Å². The quantitative estimate of drug-likeness (QED) is 0.286. The summed E-state index contributed by atoms with van der Waals surface area (Å²) in [4.78, 5) is 24.4. The van der Waals surface area contributed by atoms with Gasteiger partial charge in [0.15, 0.2) is 23.8 Å². The first kappa shape index (κ1) is 34.7. The maximum Gasteiger partial charge on any atom is 0.211 e. The first-order chi connectivity index (χ1) is 22.5. The lowest BCUT2D eigenvalue weighted by Crippen LogP contribution is -2.73. The highest BCUT2D eigenvalue weighted by atomic mass is 32.2. The number of ether oxygens (including phenoxy) is 4. The lowest BCUT2D eigenvalue weighted by molar-refractivity contribution is -0.576. The third-order valence-electron chi connectivity index (χ3n) is 14.9. The molecule has 2 radical (unpaired) electrons. The van der Waals surface area contributed by atoms with E-state index in [4.69, 9.17) is 46.3 Å². The van der Waals surface area contributed by atoms with Gasteiger partial charge in [-0.3, -0.25) is 0 Å². The second-order valence-electron chi connectivity index (χ2n) is 17.6. The zero-order valence-electron chi connectivity index (χ0n) is 29.8. The normalized spacial score (nSPS) is 57.3. The van der Waals surface area contributed by atoms with Crippen LogP contribution in [-0.2, 0) is 48.5 Å². The Kier molecular flexibility index (Phi) is 8.19. The lowest BCUT2D eigenvalue weighted by Gasteiger charge is -2.63. The van der Waals surface area contributed by atoms with E-state index >= 15 is 0 Å². The van der Waals surface area contributed by atoms with Crippen LogP contribution in [0.15, 0.2) is 0 Å². The molecule has 0 aromatic rings. The Balaban J connectivity index is 0.939. The fourth-order valence-corrected chi connectivity index (χ4v) is 12.8. The maximum atomic E-state index is 13.6. The van der Waals surface area contributed by atoms with Crippen LogP contribution in [0.25, 0.3) is 0 Å². The fraction of sp³-hybridized carbons (Fsp3) is 1.00. The van der Waals surface area contributed by atoms with Gasteiger partial charge in [-0.2, -0.15) is 0 Å². The molecule has 8 saturated heterocycles. The summed E-state index contributed by atoms with van der Waals surface area (Å²) >= 11 is 0. The maximum absolute atomic E-state index is 13.6.